The first-order valence-corrected chi connectivity index (χ1v) is 12.8. The van der Waals surface area contributed by atoms with Crippen molar-refractivity contribution in [3.05, 3.63) is 59.2 Å². The van der Waals surface area contributed by atoms with Crippen LogP contribution >= 0.6 is 11.6 Å². The van der Waals surface area contributed by atoms with Crippen molar-refractivity contribution in [2.24, 2.45) is 5.92 Å². The average molecular weight is 455 g/mol. The van der Waals surface area contributed by atoms with Gasteiger partial charge in [-0.05, 0) is 61.4 Å². The molecule has 174 valence electrons. The van der Waals surface area contributed by atoms with Gasteiger partial charge in [-0.15, -0.1) is 0 Å². The van der Waals surface area contributed by atoms with Crippen molar-refractivity contribution in [1.29, 1.82) is 0 Å². The van der Waals surface area contributed by atoms with Crippen LogP contribution < -0.4 is 4.90 Å². The van der Waals surface area contributed by atoms with Gasteiger partial charge in [0.05, 0.1) is 0 Å². The van der Waals surface area contributed by atoms with Crippen LogP contribution in [-0.4, -0.2) is 65.6 Å². The van der Waals surface area contributed by atoms with E-state index in [-0.39, 0.29) is 0 Å². The third-order valence-corrected chi connectivity index (χ3v) is 7.47. The number of benzene rings is 1. The molecule has 1 aromatic heterocycles. The zero-order valence-corrected chi connectivity index (χ0v) is 20.7. The van der Waals surface area contributed by atoms with Crippen molar-refractivity contribution in [3.8, 4) is 0 Å². The lowest BCUT2D eigenvalue weighted by atomic mass is 9.92. The van der Waals surface area contributed by atoms with Crippen molar-refractivity contribution < 1.29 is 0 Å². The van der Waals surface area contributed by atoms with Gasteiger partial charge in [0.15, 0.2) is 0 Å². The highest BCUT2D eigenvalue weighted by Crippen LogP contribution is 2.29. The zero-order valence-electron chi connectivity index (χ0n) is 20.0. The zero-order chi connectivity index (χ0) is 22.5. The van der Waals surface area contributed by atoms with Gasteiger partial charge in [0.2, 0.25) is 0 Å². The van der Waals surface area contributed by atoms with E-state index >= 15 is 0 Å². The van der Waals surface area contributed by atoms with Crippen LogP contribution in [0.4, 0.5) is 5.82 Å². The Labute approximate surface area is 199 Å². The van der Waals surface area contributed by atoms with Crippen molar-refractivity contribution >= 4 is 17.4 Å². The minimum absolute atomic E-state index is 0.559. The Balaban J connectivity index is 1.48. The molecule has 2 fully saturated rings. The lowest BCUT2D eigenvalue weighted by Crippen LogP contribution is -2.63. The Morgan fingerprint density at radius 2 is 1.75 bits per heavy atom. The highest BCUT2D eigenvalue weighted by Gasteiger charge is 2.37. The second-order valence-electron chi connectivity index (χ2n) is 10.00. The Kier molecular flexibility index (Phi) is 8.09. The third kappa shape index (κ3) is 5.84. The van der Waals surface area contributed by atoms with Crippen LogP contribution in [0.25, 0.3) is 0 Å². The molecule has 0 unspecified atom stereocenters. The average Bonchev–Trinajstić information content (AvgIpc) is 2.81. The van der Waals surface area contributed by atoms with Crippen LogP contribution in [0.3, 0.4) is 0 Å². The second-order valence-corrected chi connectivity index (χ2v) is 10.4. The van der Waals surface area contributed by atoms with Gasteiger partial charge in [-0.25, -0.2) is 4.98 Å². The summed E-state index contributed by atoms with van der Waals surface area (Å²) in [7, 11) is 0. The molecule has 0 bridgehead atoms. The third-order valence-electron chi connectivity index (χ3n) is 7.21. The first kappa shape index (κ1) is 23.5. The summed E-state index contributed by atoms with van der Waals surface area (Å²) in [4.78, 5) is 12.7. The molecule has 2 aliphatic heterocycles. The molecular formula is C27H39ClN4. The molecule has 0 amide bonds. The topological polar surface area (TPSA) is 22.6 Å². The van der Waals surface area contributed by atoms with Crippen LogP contribution in [0.5, 0.6) is 0 Å². The molecule has 0 N–H and O–H groups in total. The molecule has 5 heteroatoms. The lowest BCUT2D eigenvalue weighted by Gasteiger charge is -2.51. The summed E-state index contributed by atoms with van der Waals surface area (Å²) in [6.07, 6.45) is 6.66. The summed E-state index contributed by atoms with van der Waals surface area (Å²) in [5, 5.41) is 0.823. The number of anilines is 1. The largest absolute Gasteiger partial charge is 0.357 e. The van der Waals surface area contributed by atoms with Gasteiger partial charge in [-0.2, -0.15) is 0 Å². The molecule has 2 aromatic rings. The number of pyridine rings is 1. The van der Waals surface area contributed by atoms with E-state index in [2.05, 4.69) is 64.7 Å². The summed E-state index contributed by atoms with van der Waals surface area (Å²) in [6, 6.07) is 16.6. The molecule has 2 aliphatic rings. The number of aromatic nitrogens is 1. The summed E-state index contributed by atoms with van der Waals surface area (Å²) in [5.74, 6) is 1.82. The van der Waals surface area contributed by atoms with E-state index < -0.39 is 0 Å². The molecule has 0 aliphatic carbocycles. The maximum absolute atomic E-state index is 6.16. The summed E-state index contributed by atoms with van der Waals surface area (Å²) in [6.45, 7) is 12.8. The van der Waals surface area contributed by atoms with Gasteiger partial charge in [-0.1, -0.05) is 50.6 Å². The van der Waals surface area contributed by atoms with Crippen LogP contribution in [0.1, 0.15) is 45.6 Å². The van der Waals surface area contributed by atoms with E-state index in [1.165, 1.54) is 44.5 Å². The lowest BCUT2D eigenvalue weighted by molar-refractivity contribution is -0.0106. The molecular weight excluding hydrogens is 416 g/mol. The van der Waals surface area contributed by atoms with Gasteiger partial charge in [-0.3, -0.25) is 9.80 Å². The number of nitrogens with zero attached hydrogens (tertiary/aromatic N) is 4. The fourth-order valence-electron chi connectivity index (χ4n) is 5.60. The summed E-state index contributed by atoms with van der Waals surface area (Å²) in [5.41, 5.74) is 1.40. The molecule has 1 aromatic carbocycles. The number of piperidine rings is 1. The maximum atomic E-state index is 6.16. The standard InChI is InChI=1S/C27H39ClN4/c1-4-24-20-32(25-12-15-30(16-13-25)27-7-5-6-14-29-27)26(19-31(24)18-21(2)3)17-22-8-10-23(28)11-9-22/h5-11,14,21,24-26H,4,12-13,15-20H2,1-3H3/t24-,26-/m0/s1. The van der Waals surface area contributed by atoms with Gasteiger partial charge in [0, 0.05) is 62.1 Å². The van der Waals surface area contributed by atoms with Crippen LogP contribution in [0.2, 0.25) is 5.02 Å². The smallest absolute Gasteiger partial charge is 0.128 e. The fourth-order valence-corrected chi connectivity index (χ4v) is 5.73. The Morgan fingerprint density at radius 3 is 2.38 bits per heavy atom. The predicted octanol–water partition coefficient (Wildman–Crippen LogP) is 5.37. The molecule has 0 saturated carbocycles. The van der Waals surface area contributed by atoms with Gasteiger partial charge < -0.3 is 4.90 Å². The van der Waals surface area contributed by atoms with Crippen molar-refractivity contribution in [3.63, 3.8) is 0 Å². The number of rotatable bonds is 7. The molecule has 3 heterocycles. The van der Waals surface area contributed by atoms with Crippen molar-refractivity contribution in [1.82, 2.24) is 14.8 Å². The first-order chi connectivity index (χ1) is 15.5. The van der Waals surface area contributed by atoms with Crippen LogP contribution in [0, 0.1) is 5.92 Å². The minimum atomic E-state index is 0.559. The van der Waals surface area contributed by atoms with Gasteiger partial charge in [0.25, 0.3) is 0 Å². The second kappa shape index (κ2) is 11.0. The van der Waals surface area contributed by atoms with Gasteiger partial charge >= 0.3 is 0 Å². The number of piperazine rings is 1. The predicted molar refractivity (Wildman–Crippen MR) is 136 cm³/mol. The first-order valence-electron chi connectivity index (χ1n) is 12.4. The van der Waals surface area contributed by atoms with E-state index in [1.54, 1.807) is 0 Å². The molecule has 0 spiro atoms. The SMILES string of the molecule is CC[C@H]1CN(C2CCN(c3ccccn3)CC2)[C@@H](Cc2ccc(Cl)cc2)CN1CC(C)C. The molecule has 4 rings (SSSR count). The molecule has 2 atom stereocenters. The molecule has 4 nitrogen and oxygen atoms in total. The van der Waals surface area contributed by atoms with E-state index in [9.17, 15) is 0 Å². The highest BCUT2D eigenvalue weighted by atomic mass is 35.5. The molecule has 32 heavy (non-hydrogen) atoms. The van der Waals surface area contributed by atoms with Gasteiger partial charge in [0.1, 0.15) is 5.82 Å². The van der Waals surface area contributed by atoms with E-state index in [4.69, 9.17) is 11.6 Å². The van der Waals surface area contributed by atoms with Crippen molar-refractivity contribution in [2.45, 2.75) is 64.6 Å². The maximum Gasteiger partial charge on any atom is 0.128 e. The summed E-state index contributed by atoms with van der Waals surface area (Å²) >= 11 is 6.16. The quantitative estimate of drug-likeness (QED) is 0.561. The number of hydrogen-bond donors (Lipinski definition) is 0. The van der Waals surface area contributed by atoms with Crippen LogP contribution in [0.15, 0.2) is 48.7 Å². The monoisotopic (exact) mass is 454 g/mol. The van der Waals surface area contributed by atoms with E-state index in [1.807, 2.05) is 24.4 Å². The number of hydrogen-bond acceptors (Lipinski definition) is 4. The van der Waals surface area contributed by atoms with E-state index in [0.717, 1.165) is 30.4 Å². The van der Waals surface area contributed by atoms with E-state index in [0.29, 0.717) is 24.0 Å². The fraction of sp³-hybridized carbons (Fsp3) is 0.593. The number of halogens is 1. The normalized spacial score (nSPS) is 23.7. The molecule has 0 radical (unpaired) electrons. The molecule has 2 saturated heterocycles. The summed E-state index contributed by atoms with van der Waals surface area (Å²) < 4.78 is 0. The Bertz CT molecular complexity index is 817. The Hall–Kier alpha value is -1.62. The minimum Gasteiger partial charge on any atom is -0.357 e. The van der Waals surface area contributed by atoms with Crippen LogP contribution in [-0.2, 0) is 6.42 Å². The Morgan fingerprint density at radius 1 is 1.00 bits per heavy atom. The van der Waals surface area contributed by atoms with Crippen molar-refractivity contribution in [2.75, 3.05) is 37.6 Å². The highest BCUT2D eigenvalue weighted by molar-refractivity contribution is 6.30.